The summed E-state index contributed by atoms with van der Waals surface area (Å²) >= 11 is 0. The Hall–Kier alpha value is -4.76. The van der Waals surface area contributed by atoms with Crippen LogP contribution in [0.25, 0.3) is 32.9 Å². The highest BCUT2D eigenvalue weighted by Gasteiger charge is 2.58. The highest BCUT2D eigenvalue weighted by molar-refractivity contribution is 6.04. The van der Waals surface area contributed by atoms with E-state index in [1.807, 2.05) is 11.8 Å². The number of pyridine rings is 1. The van der Waals surface area contributed by atoms with Crippen molar-refractivity contribution in [1.29, 1.82) is 0 Å². The smallest absolute Gasteiger partial charge is 0.319 e. The third-order valence-corrected chi connectivity index (χ3v) is 10.9. The average molecular weight is 655 g/mol. The molecule has 1 amide bonds. The number of likely N-dealkylation sites (tertiary alicyclic amines) is 2. The lowest BCUT2D eigenvalue weighted by Crippen LogP contribution is -2.71. The number of anilines is 1. The zero-order valence-electron chi connectivity index (χ0n) is 27.1. The van der Waals surface area contributed by atoms with Crippen molar-refractivity contribution >= 4 is 33.4 Å². The summed E-state index contributed by atoms with van der Waals surface area (Å²) in [5.74, 6) is 1.41. The summed E-state index contributed by atoms with van der Waals surface area (Å²) < 4.78 is 44.7. The fourth-order valence-electron chi connectivity index (χ4n) is 8.30. The SMILES string of the molecule is C#Cc1c(F)ccc2cc(O)cc(-c3nc4c5c(nc(O[C@@H](C)[C@@H]6CCCN6C)nc5c3F)N(C3CCC35CN(C(C)=O)C5)CCO4)c12. The van der Waals surface area contributed by atoms with Crippen LogP contribution in [0.3, 0.4) is 0 Å². The van der Waals surface area contributed by atoms with Gasteiger partial charge in [-0.2, -0.15) is 9.97 Å². The first-order valence-corrected chi connectivity index (χ1v) is 16.4. The van der Waals surface area contributed by atoms with E-state index in [0.717, 1.165) is 32.2 Å². The third-order valence-electron chi connectivity index (χ3n) is 10.9. The average Bonchev–Trinajstić information content (AvgIpc) is 3.37. The molecule has 4 aliphatic rings. The van der Waals surface area contributed by atoms with E-state index in [1.54, 1.807) is 6.92 Å². The van der Waals surface area contributed by atoms with Gasteiger partial charge < -0.3 is 24.4 Å². The molecule has 3 atom stereocenters. The van der Waals surface area contributed by atoms with E-state index in [1.165, 1.54) is 24.3 Å². The van der Waals surface area contributed by atoms with Gasteiger partial charge in [-0.05, 0) is 69.8 Å². The summed E-state index contributed by atoms with van der Waals surface area (Å²) in [7, 11) is 2.06. The monoisotopic (exact) mass is 654 g/mol. The normalized spacial score (nSPS) is 22.2. The van der Waals surface area contributed by atoms with Gasteiger partial charge in [0.15, 0.2) is 5.82 Å². The van der Waals surface area contributed by atoms with E-state index in [4.69, 9.17) is 20.9 Å². The number of fused-ring (bicyclic) bond motifs is 1. The van der Waals surface area contributed by atoms with Gasteiger partial charge in [0.05, 0.1) is 12.1 Å². The van der Waals surface area contributed by atoms with Crippen molar-refractivity contribution in [1.82, 2.24) is 24.8 Å². The van der Waals surface area contributed by atoms with Crippen molar-refractivity contribution in [3.63, 3.8) is 0 Å². The van der Waals surface area contributed by atoms with Gasteiger partial charge in [-0.1, -0.05) is 12.0 Å². The molecule has 5 heterocycles. The predicted molar refractivity (Wildman–Crippen MR) is 176 cm³/mol. The van der Waals surface area contributed by atoms with Crippen LogP contribution >= 0.6 is 0 Å². The molecule has 0 radical (unpaired) electrons. The minimum absolute atomic E-state index is 0.0303. The number of hydrogen-bond acceptors (Lipinski definition) is 9. The number of carbonyl (C=O) groups is 1. The van der Waals surface area contributed by atoms with E-state index in [9.17, 15) is 14.3 Å². The van der Waals surface area contributed by atoms with Crippen molar-refractivity contribution < 1.29 is 28.2 Å². The first-order chi connectivity index (χ1) is 23.1. The molecule has 3 aliphatic heterocycles. The number of likely N-dealkylation sites (N-methyl/N-ethyl adjacent to an activating group) is 1. The number of terminal acetylenes is 1. The Bertz CT molecular complexity index is 2040. The molecular formula is C36H36F2N6O4. The Morgan fingerprint density at radius 2 is 1.98 bits per heavy atom. The van der Waals surface area contributed by atoms with Crippen LogP contribution in [0.15, 0.2) is 24.3 Å². The summed E-state index contributed by atoms with van der Waals surface area (Å²) in [5.41, 5.74) is -0.297. The summed E-state index contributed by atoms with van der Waals surface area (Å²) in [6, 6.07) is 5.68. The molecule has 2 saturated heterocycles. The van der Waals surface area contributed by atoms with Gasteiger partial charge in [-0.15, -0.1) is 6.42 Å². The largest absolute Gasteiger partial charge is 0.508 e. The fourth-order valence-corrected chi connectivity index (χ4v) is 8.30. The standard InChI is InChI=1S/C36H36F2N6O4/c1-5-23-25(37)9-8-21-15-22(46)16-24(28(21)23)31-30(38)32-29-33(41-35(40-32)48-19(2)26-7-6-12-42(26)4)44(13-14-47-34(29)39-31)27-10-11-36(27)17-43(18-36)20(3)45/h1,8-9,15-16,19,26-27,46H,6-7,10-14,17-18H2,2-4H3/t19-,26-,27?/m0/s1. The van der Waals surface area contributed by atoms with Gasteiger partial charge in [0.2, 0.25) is 11.8 Å². The van der Waals surface area contributed by atoms with Gasteiger partial charge in [0.25, 0.3) is 0 Å². The van der Waals surface area contributed by atoms with E-state index in [-0.39, 0.29) is 81.5 Å². The Labute approximate surface area is 276 Å². The molecule has 48 heavy (non-hydrogen) atoms. The van der Waals surface area contributed by atoms with Crippen LogP contribution in [0, 0.1) is 29.4 Å². The quantitative estimate of drug-likeness (QED) is 0.302. The number of benzene rings is 2. The molecule has 12 heteroatoms. The topological polar surface area (TPSA) is 104 Å². The third kappa shape index (κ3) is 4.62. The minimum atomic E-state index is -0.799. The molecule has 2 aromatic carbocycles. The van der Waals surface area contributed by atoms with Crippen LogP contribution in [0.5, 0.6) is 17.6 Å². The Morgan fingerprint density at radius 1 is 1.17 bits per heavy atom. The second-order valence-corrected chi connectivity index (χ2v) is 13.6. The molecule has 1 spiro atoms. The number of phenols is 1. The van der Waals surface area contributed by atoms with Crippen molar-refractivity contribution in [2.24, 2.45) is 5.41 Å². The molecule has 8 rings (SSSR count). The summed E-state index contributed by atoms with van der Waals surface area (Å²) in [6.45, 7) is 6.51. The first-order valence-electron chi connectivity index (χ1n) is 16.4. The van der Waals surface area contributed by atoms with E-state index < -0.39 is 11.6 Å². The highest BCUT2D eigenvalue weighted by Crippen LogP contribution is 2.53. The maximum atomic E-state index is 17.1. The molecule has 1 unspecified atom stereocenters. The van der Waals surface area contributed by atoms with Crippen LogP contribution in [0.2, 0.25) is 0 Å². The molecule has 4 aromatic rings. The Kier molecular flexibility index (Phi) is 7.11. The number of amides is 1. The number of aromatic nitrogens is 3. The van der Waals surface area contributed by atoms with Crippen LogP contribution in [-0.4, -0.2) is 93.8 Å². The van der Waals surface area contributed by atoms with Gasteiger partial charge >= 0.3 is 6.01 Å². The molecule has 10 nitrogen and oxygen atoms in total. The van der Waals surface area contributed by atoms with Gasteiger partial charge in [0.1, 0.15) is 46.7 Å². The molecular weight excluding hydrogens is 618 g/mol. The number of ether oxygens (including phenoxy) is 2. The predicted octanol–water partition coefficient (Wildman–Crippen LogP) is 4.88. The lowest BCUT2D eigenvalue weighted by Gasteiger charge is -2.63. The number of hydrogen-bond donors (Lipinski definition) is 1. The number of nitrogens with zero attached hydrogens (tertiary/aromatic N) is 6. The van der Waals surface area contributed by atoms with Crippen molar-refractivity contribution in [2.45, 2.75) is 57.7 Å². The van der Waals surface area contributed by atoms with Crippen LogP contribution in [0.4, 0.5) is 14.6 Å². The fraction of sp³-hybridized carbons (Fsp3) is 0.444. The lowest BCUT2D eigenvalue weighted by atomic mass is 9.59. The zero-order valence-corrected chi connectivity index (χ0v) is 27.1. The summed E-state index contributed by atoms with van der Waals surface area (Å²) in [4.78, 5) is 32.6. The van der Waals surface area contributed by atoms with Gasteiger partial charge in [0, 0.05) is 48.5 Å². The van der Waals surface area contributed by atoms with E-state index in [0.29, 0.717) is 36.2 Å². The molecule has 248 valence electrons. The number of halogens is 2. The number of rotatable bonds is 5. The first kappa shape index (κ1) is 30.6. The number of phenolic OH excluding ortho intramolecular Hbond substituents is 1. The summed E-state index contributed by atoms with van der Waals surface area (Å²) in [5, 5.41) is 11.6. The van der Waals surface area contributed by atoms with Crippen molar-refractivity contribution in [3.8, 4) is 41.2 Å². The van der Waals surface area contributed by atoms with Gasteiger partial charge in [-0.3, -0.25) is 9.69 Å². The van der Waals surface area contributed by atoms with E-state index >= 15 is 4.39 Å². The lowest BCUT2D eigenvalue weighted by molar-refractivity contribution is -0.150. The molecule has 1 aliphatic carbocycles. The summed E-state index contributed by atoms with van der Waals surface area (Å²) in [6.07, 6.45) is 9.32. The molecule has 0 bridgehead atoms. The number of aromatic hydroxyl groups is 1. The van der Waals surface area contributed by atoms with Crippen molar-refractivity contribution in [2.75, 3.05) is 44.7 Å². The highest BCUT2D eigenvalue weighted by atomic mass is 19.1. The van der Waals surface area contributed by atoms with E-state index in [2.05, 4.69) is 32.7 Å². The van der Waals surface area contributed by atoms with Crippen LogP contribution in [0.1, 0.15) is 45.1 Å². The Balaban J connectivity index is 1.32. The molecule has 3 fully saturated rings. The second-order valence-electron chi connectivity index (χ2n) is 13.6. The maximum Gasteiger partial charge on any atom is 0.319 e. The molecule has 2 aromatic heterocycles. The van der Waals surface area contributed by atoms with Crippen LogP contribution < -0.4 is 14.4 Å². The Morgan fingerprint density at radius 3 is 2.67 bits per heavy atom. The molecule has 1 N–H and O–H groups in total. The van der Waals surface area contributed by atoms with Gasteiger partial charge in [-0.25, -0.2) is 13.8 Å². The molecule has 1 saturated carbocycles. The zero-order chi connectivity index (χ0) is 33.5. The number of carbonyl (C=O) groups excluding carboxylic acids is 1. The minimum Gasteiger partial charge on any atom is -0.508 e. The maximum absolute atomic E-state index is 17.1. The second kappa shape index (κ2) is 11.2. The van der Waals surface area contributed by atoms with Crippen LogP contribution in [-0.2, 0) is 4.79 Å². The van der Waals surface area contributed by atoms with Crippen molar-refractivity contribution in [3.05, 3.63) is 41.5 Å².